The summed E-state index contributed by atoms with van der Waals surface area (Å²) in [5.74, 6) is 0.591. The van der Waals surface area contributed by atoms with Crippen LogP contribution in [0.1, 0.15) is 31.2 Å². The first-order chi connectivity index (χ1) is 11.1. The first-order valence-electron chi connectivity index (χ1n) is 7.09. The Labute approximate surface area is 139 Å². The van der Waals surface area contributed by atoms with E-state index < -0.39 is 43.7 Å². The Morgan fingerprint density at radius 3 is 2.33 bits per heavy atom. The zero-order valence-electron chi connectivity index (χ0n) is 12.2. The lowest BCUT2D eigenvalue weighted by molar-refractivity contribution is -0.392. The van der Waals surface area contributed by atoms with Crippen LogP contribution in [0, 0.1) is 26.1 Å². The van der Waals surface area contributed by atoms with Crippen molar-refractivity contribution in [3.05, 3.63) is 36.9 Å². The Morgan fingerprint density at radius 2 is 1.88 bits per heavy atom. The normalized spacial score (nSPS) is 14.5. The first-order valence-corrected chi connectivity index (χ1v) is 7.47. The van der Waals surface area contributed by atoms with Crippen LogP contribution in [0.4, 0.5) is 30.2 Å². The minimum absolute atomic E-state index is 0.167. The lowest BCUT2D eigenvalue weighted by Crippen LogP contribution is -2.13. The highest BCUT2D eigenvalue weighted by Crippen LogP contribution is 2.47. The number of halogens is 4. The molecule has 0 radical (unpaired) electrons. The summed E-state index contributed by atoms with van der Waals surface area (Å²) in [4.78, 5) is 20.0. The summed E-state index contributed by atoms with van der Waals surface area (Å²) < 4.78 is 38.8. The molecule has 11 heteroatoms. The van der Waals surface area contributed by atoms with Gasteiger partial charge >= 0.3 is 11.9 Å². The van der Waals surface area contributed by atoms with Crippen LogP contribution in [-0.4, -0.2) is 16.4 Å². The van der Waals surface area contributed by atoms with Gasteiger partial charge < -0.3 is 5.32 Å². The largest absolute Gasteiger partial charge is 0.418 e. The summed E-state index contributed by atoms with van der Waals surface area (Å²) in [6, 6.07) is 0.221. The Balaban J connectivity index is 2.42. The van der Waals surface area contributed by atoms with Gasteiger partial charge in [-0.15, -0.1) is 0 Å². The highest BCUT2D eigenvalue weighted by Gasteiger charge is 2.42. The van der Waals surface area contributed by atoms with Crippen LogP contribution in [0.3, 0.4) is 0 Å². The number of nitrogens with zero attached hydrogens (tertiary/aromatic N) is 2. The number of nitro groups is 2. The van der Waals surface area contributed by atoms with E-state index >= 15 is 0 Å². The second kappa shape index (κ2) is 6.80. The minimum atomic E-state index is -5.04. The molecule has 1 aliphatic carbocycles. The molecular weight excluding hydrogens is 355 g/mol. The third kappa shape index (κ3) is 4.05. The molecule has 7 nitrogen and oxygen atoms in total. The van der Waals surface area contributed by atoms with Crippen molar-refractivity contribution < 1.29 is 23.0 Å². The number of hydrogen-bond acceptors (Lipinski definition) is 5. The van der Waals surface area contributed by atoms with E-state index in [9.17, 15) is 33.4 Å². The third-order valence-electron chi connectivity index (χ3n) is 3.69. The van der Waals surface area contributed by atoms with Crippen molar-refractivity contribution in [3.63, 3.8) is 0 Å². The predicted octanol–water partition coefficient (Wildman–Crippen LogP) is 4.78. The fourth-order valence-corrected chi connectivity index (χ4v) is 2.66. The van der Waals surface area contributed by atoms with Crippen LogP contribution < -0.4 is 5.32 Å². The molecule has 1 aromatic rings. The van der Waals surface area contributed by atoms with Crippen molar-refractivity contribution in [2.75, 3.05) is 11.9 Å². The molecule has 0 saturated heterocycles. The SMILES string of the molecule is O=[N+]([O-])c1cc(C(F)(F)F)c(Cl)c([N+](=O)[O-])c1NCCCC1CC1. The first kappa shape index (κ1) is 18.2. The summed E-state index contributed by atoms with van der Waals surface area (Å²) in [6.45, 7) is 0.167. The summed E-state index contributed by atoms with van der Waals surface area (Å²) in [5.41, 5.74) is -4.36. The van der Waals surface area contributed by atoms with Gasteiger partial charge in [0.15, 0.2) is 5.69 Å². The maximum absolute atomic E-state index is 12.9. The summed E-state index contributed by atoms with van der Waals surface area (Å²) in [6.07, 6.45) is -1.39. The van der Waals surface area contributed by atoms with Crippen LogP contribution in [0.25, 0.3) is 0 Å². The van der Waals surface area contributed by atoms with Crippen LogP contribution in [0.2, 0.25) is 5.02 Å². The van der Waals surface area contributed by atoms with Crippen molar-refractivity contribution >= 4 is 28.7 Å². The third-order valence-corrected chi connectivity index (χ3v) is 4.07. The van der Waals surface area contributed by atoms with Crippen LogP contribution in [0.5, 0.6) is 0 Å². The summed E-state index contributed by atoms with van der Waals surface area (Å²) >= 11 is 5.52. The molecule has 0 bridgehead atoms. The van der Waals surface area contributed by atoms with E-state index in [0.717, 1.165) is 19.3 Å². The zero-order valence-corrected chi connectivity index (χ0v) is 13.0. The molecule has 0 aromatic heterocycles. The van der Waals surface area contributed by atoms with Gasteiger partial charge in [0, 0.05) is 12.6 Å². The van der Waals surface area contributed by atoms with Gasteiger partial charge in [-0.2, -0.15) is 13.2 Å². The maximum atomic E-state index is 12.9. The molecule has 1 N–H and O–H groups in total. The smallest absolute Gasteiger partial charge is 0.374 e. The highest BCUT2D eigenvalue weighted by molar-refractivity contribution is 6.34. The standard InChI is InChI=1S/C13H13ClF3N3O4/c14-10-8(13(15,16)17)6-9(19(21)22)11(12(10)20(23)24)18-5-1-2-7-3-4-7/h6-7,18H,1-5H2. The molecular formula is C13H13ClF3N3O4. The molecule has 1 aliphatic rings. The Hall–Kier alpha value is -2.10. The molecule has 0 atom stereocenters. The Morgan fingerprint density at radius 1 is 1.25 bits per heavy atom. The summed E-state index contributed by atoms with van der Waals surface area (Å²) in [5, 5.41) is 23.6. The van der Waals surface area contributed by atoms with Gasteiger partial charge in [-0.25, -0.2) is 0 Å². The quantitative estimate of drug-likeness (QED) is 0.425. The monoisotopic (exact) mass is 367 g/mol. The Bertz CT molecular complexity index is 677. The average Bonchev–Trinajstić information content (AvgIpc) is 3.25. The molecule has 0 unspecified atom stereocenters. The van der Waals surface area contributed by atoms with Gasteiger partial charge in [-0.3, -0.25) is 20.2 Å². The number of anilines is 1. The van der Waals surface area contributed by atoms with Gasteiger partial charge in [0.1, 0.15) is 5.02 Å². The van der Waals surface area contributed by atoms with Gasteiger partial charge in [-0.1, -0.05) is 24.4 Å². The van der Waals surface area contributed by atoms with Crippen molar-refractivity contribution in [2.45, 2.75) is 31.9 Å². The van der Waals surface area contributed by atoms with E-state index in [4.69, 9.17) is 11.6 Å². The average molecular weight is 368 g/mol. The molecule has 0 aliphatic heterocycles. The highest BCUT2D eigenvalue weighted by atomic mass is 35.5. The van der Waals surface area contributed by atoms with Crippen molar-refractivity contribution in [1.29, 1.82) is 0 Å². The van der Waals surface area contributed by atoms with Crippen LogP contribution in [0.15, 0.2) is 6.07 Å². The van der Waals surface area contributed by atoms with Gasteiger partial charge in [-0.05, 0) is 18.8 Å². The van der Waals surface area contributed by atoms with Crippen molar-refractivity contribution in [2.24, 2.45) is 5.92 Å². The second-order valence-corrected chi connectivity index (χ2v) is 5.88. The number of hydrogen-bond donors (Lipinski definition) is 1. The molecule has 1 aromatic carbocycles. The zero-order chi connectivity index (χ0) is 18.1. The lowest BCUT2D eigenvalue weighted by Gasteiger charge is -2.13. The van der Waals surface area contributed by atoms with Gasteiger partial charge in [0.25, 0.3) is 5.69 Å². The number of alkyl halides is 3. The van der Waals surface area contributed by atoms with Gasteiger partial charge in [0.2, 0.25) is 0 Å². The fourth-order valence-electron chi connectivity index (χ4n) is 2.34. The maximum Gasteiger partial charge on any atom is 0.418 e. The van der Waals surface area contributed by atoms with E-state index in [-0.39, 0.29) is 12.6 Å². The van der Waals surface area contributed by atoms with E-state index in [0.29, 0.717) is 12.3 Å². The van der Waals surface area contributed by atoms with E-state index in [1.165, 1.54) is 0 Å². The fraction of sp³-hybridized carbons (Fsp3) is 0.538. The number of benzene rings is 1. The van der Waals surface area contributed by atoms with Crippen molar-refractivity contribution in [1.82, 2.24) is 0 Å². The molecule has 132 valence electrons. The van der Waals surface area contributed by atoms with E-state index in [1.54, 1.807) is 0 Å². The molecule has 24 heavy (non-hydrogen) atoms. The molecule has 2 rings (SSSR count). The van der Waals surface area contributed by atoms with Crippen molar-refractivity contribution in [3.8, 4) is 0 Å². The molecule has 0 spiro atoms. The molecule has 1 fully saturated rings. The number of nitrogens with one attached hydrogen (secondary N) is 1. The van der Waals surface area contributed by atoms with E-state index in [2.05, 4.69) is 5.32 Å². The minimum Gasteiger partial charge on any atom is -0.374 e. The molecule has 0 heterocycles. The second-order valence-electron chi connectivity index (χ2n) is 5.51. The topological polar surface area (TPSA) is 98.3 Å². The Kier molecular flexibility index (Phi) is 5.16. The number of rotatable bonds is 7. The lowest BCUT2D eigenvalue weighted by atomic mass is 10.1. The van der Waals surface area contributed by atoms with E-state index in [1.807, 2.05) is 0 Å². The predicted molar refractivity (Wildman–Crippen MR) is 80.2 cm³/mol. The molecule has 1 saturated carbocycles. The summed E-state index contributed by atoms with van der Waals surface area (Å²) in [7, 11) is 0. The molecule has 0 amide bonds. The van der Waals surface area contributed by atoms with Gasteiger partial charge in [0.05, 0.1) is 15.4 Å². The van der Waals surface area contributed by atoms with Crippen LogP contribution in [-0.2, 0) is 6.18 Å². The van der Waals surface area contributed by atoms with Crippen LogP contribution >= 0.6 is 11.6 Å². The number of nitro benzene ring substituents is 2.